The molecule has 0 aliphatic rings. The topological polar surface area (TPSA) is 49.3 Å². The Kier molecular flexibility index (Phi) is 4.96. The standard InChI is InChI=1S/C11H12F3NO2/c12-8-4-2-1-3-7(8)5-10(17)15-6-9(16)11(13)14/h1-4,9,11,16H,5-6H2,(H,15,17). The molecule has 0 aromatic heterocycles. The summed E-state index contributed by atoms with van der Waals surface area (Å²) in [5, 5.41) is 10.9. The number of carbonyl (C=O) groups is 1. The summed E-state index contributed by atoms with van der Waals surface area (Å²) in [5.74, 6) is -1.15. The molecule has 1 aromatic rings. The van der Waals surface area contributed by atoms with Crippen molar-refractivity contribution >= 4 is 5.91 Å². The Morgan fingerprint density at radius 1 is 1.35 bits per heavy atom. The zero-order valence-electron chi connectivity index (χ0n) is 8.87. The summed E-state index contributed by atoms with van der Waals surface area (Å²) >= 11 is 0. The first-order valence-electron chi connectivity index (χ1n) is 4.97. The van der Waals surface area contributed by atoms with Gasteiger partial charge in [-0.1, -0.05) is 18.2 Å². The Labute approximate surface area is 96.3 Å². The van der Waals surface area contributed by atoms with Gasteiger partial charge in [-0.05, 0) is 11.6 Å². The summed E-state index contributed by atoms with van der Waals surface area (Å²) in [7, 11) is 0. The first-order chi connectivity index (χ1) is 8.00. The first-order valence-corrected chi connectivity index (χ1v) is 4.97. The quantitative estimate of drug-likeness (QED) is 0.819. The predicted octanol–water partition coefficient (Wildman–Crippen LogP) is 1.11. The van der Waals surface area contributed by atoms with Crippen molar-refractivity contribution in [1.82, 2.24) is 5.32 Å². The third kappa shape index (κ3) is 4.44. The Morgan fingerprint density at radius 3 is 2.59 bits per heavy atom. The lowest BCUT2D eigenvalue weighted by atomic mass is 10.1. The van der Waals surface area contributed by atoms with Crippen molar-refractivity contribution < 1.29 is 23.1 Å². The number of aliphatic hydroxyl groups excluding tert-OH is 1. The number of benzene rings is 1. The zero-order valence-corrected chi connectivity index (χ0v) is 8.87. The molecule has 0 radical (unpaired) electrons. The largest absolute Gasteiger partial charge is 0.385 e. The van der Waals surface area contributed by atoms with Crippen LogP contribution in [0.3, 0.4) is 0 Å². The minimum atomic E-state index is -2.91. The van der Waals surface area contributed by atoms with Crippen molar-refractivity contribution in [1.29, 1.82) is 0 Å². The van der Waals surface area contributed by atoms with Crippen LogP contribution in [0, 0.1) is 5.82 Å². The Bertz CT molecular complexity index is 385. The fraction of sp³-hybridized carbons (Fsp3) is 0.364. The lowest BCUT2D eigenvalue weighted by Gasteiger charge is -2.10. The minimum Gasteiger partial charge on any atom is -0.385 e. The number of hydrogen-bond donors (Lipinski definition) is 2. The second kappa shape index (κ2) is 6.24. The number of carbonyl (C=O) groups excluding carboxylic acids is 1. The molecule has 0 saturated heterocycles. The Balaban J connectivity index is 2.43. The van der Waals surface area contributed by atoms with Gasteiger partial charge in [-0.3, -0.25) is 4.79 Å². The van der Waals surface area contributed by atoms with Crippen molar-refractivity contribution in [2.75, 3.05) is 6.54 Å². The smallest absolute Gasteiger partial charge is 0.265 e. The second-order valence-electron chi connectivity index (χ2n) is 3.47. The third-order valence-electron chi connectivity index (χ3n) is 2.11. The molecule has 6 heteroatoms. The number of aliphatic hydroxyl groups is 1. The van der Waals surface area contributed by atoms with Gasteiger partial charge in [0.15, 0.2) is 0 Å². The van der Waals surface area contributed by atoms with E-state index in [1.165, 1.54) is 18.2 Å². The fourth-order valence-corrected chi connectivity index (χ4v) is 1.18. The molecule has 0 aliphatic heterocycles. The van der Waals surface area contributed by atoms with Gasteiger partial charge in [-0.25, -0.2) is 13.2 Å². The van der Waals surface area contributed by atoms with E-state index >= 15 is 0 Å². The van der Waals surface area contributed by atoms with Crippen LogP contribution in [-0.4, -0.2) is 30.1 Å². The fourth-order valence-electron chi connectivity index (χ4n) is 1.18. The van der Waals surface area contributed by atoms with Crippen LogP contribution in [0.5, 0.6) is 0 Å². The van der Waals surface area contributed by atoms with E-state index in [1.807, 2.05) is 0 Å². The highest BCUT2D eigenvalue weighted by molar-refractivity contribution is 5.78. The van der Waals surface area contributed by atoms with Crippen molar-refractivity contribution in [2.24, 2.45) is 0 Å². The van der Waals surface area contributed by atoms with Gasteiger partial charge in [0.1, 0.15) is 11.9 Å². The van der Waals surface area contributed by atoms with Gasteiger partial charge in [0, 0.05) is 6.54 Å². The van der Waals surface area contributed by atoms with E-state index in [1.54, 1.807) is 6.07 Å². The molecule has 3 nitrogen and oxygen atoms in total. The van der Waals surface area contributed by atoms with Crippen LogP contribution >= 0.6 is 0 Å². The van der Waals surface area contributed by atoms with E-state index in [2.05, 4.69) is 5.32 Å². The molecule has 1 atom stereocenters. The van der Waals surface area contributed by atoms with Crippen LogP contribution in [0.4, 0.5) is 13.2 Å². The molecule has 2 N–H and O–H groups in total. The molecule has 1 amide bonds. The zero-order chi connectivity index (χ0) is 12.8. The van der Waals surface area contributed by atoms with Crippen LogP contribution in [0.15, 0.2) is 24.3 Å². The number of alkyl halides is 2. The van der Waals surface area contributed by atoms with Crippen LogP contribution in [0.1, 0.15) is 5.56 Å². The maximum absolute atomic E-state index is 13.1. The molecular weight excluding hydrogens is 235 g/mol. The Morgan fingerprint density at radius 2 is 2.00 bits per heavy atom. The van der Waals surface area contributed by atoms with Crippen molar-refractivity contribution in [2.45, 2.75) is 19.0 Å². The maximum atomic E-state index is 13.1. The highest BCUT2D eigenvalue weighted by Gasteiger charge is 2.17. The third-order valence-corrected chi connectivity index (χ3v) is 2.11. The van der Waals surface area contributed by atoms with Gasteiger partial charge in [-0.15, -0.1) is 0 Å². The number of rotatable bonds is 5. The average Bonchev–Trinajstić information content (AvgIpc) is 2.29. The molecule has 1 aromatic carbocycles. The van der Waals surface area contributed by atoms with Crippen molar-refractivity contribution in [3.8, 4) is 0 Å². The molecule has 0 spiro atoms. The molecule has 1 rings (SSSR count). The predicted molar refractivity (Wildman–Crippen MR) is 55.1 cm³/mol. The van der Waals surface area contributed by atoms with E-state index in [-0.39, 0.29) is 12.0 Å². The van der Waals surface area contributed by atoms with Crippen LogP contribution in [0.2, 0.25) is 0 Å². The maximum Gasteiger partial charge on any atom is 0.265 e. The average molecular weight is 247 g/mol. The van der Waals surface area contributed by atoms with Gasteiger partial charge in [0.2, 0.25) is 5.91 Å². The number of hydrogen-bond acceptors (Lipinski definition) is 2. The minimum absolute atomic E-state index is 0.177. The molecule has 0 saturated carbocycles. The lowest BCUT2D eigenvalue weighted by Crippen LogP contribution is -2.36. The molecule has 17 heavy (non-hydrogen) atoms. The second-order valence-corrected chi connectivity index (χ2v) is 3.47. The van der Waals surface area contributed by atoms with Crippen molar-refractivity contribution in [3.05, 3.63) is 35.6 Å². The summed E-state index contributed by atoms with van der Waals surface area (Å²) in [6.07, 6.45) is -5.06. The summed E-state index contributed by atoms with van der Waals surface area (Å²) in [6.45, 7) is -0.551. The van der Waals surface area contributed by atoms with Gasteiger partial charge >= 0.3 is 0 Å². The summed E-state index contributed by atoms with van der Waals surface area (Å²) < 4.78 is 36.9. The van der Waals surface area contributed by atoms with E-state index in [4.69, 9.17) is 5.11 Å². The first kappa shape index (κ1) is 13.5. The molecule has 0 heterocycles. The number of nitrogens with one attached hydrogen (secondary N) is 1. The normalized spacial score (nSPS) is 12.5. The molecule has 94 valence electrons. The molecule has 1 unspecified atom stereocenters. The highest BCUT2D eigenvalue weighted by Crippen LogP contribution is 2.07. The van der Waals surface area contributed by atoms with E-state index in [0.29, 0.717) is 0 Å². The number of halogens is 3. The highest BCUT2D eigenvalue weighted by atomic mass is 19.3. The van der Waals surface area contributed by atoms with Crippen LogP contribution < -0.4 is 5.32 Å². The molecule has 0 fully saturated rings. The van der Waals surface area contributed by atoms with Gasteiger partial charge in [0.25, 0.3) is 6.43 Å². The van der Waals surface area contributed by atoms with Gasteiger partial charge in [-0.2, -0.15) is 0 Å². The lowest BCUT2D eigenvalue weighted by molar-refractivity contribution is -0.121. The summed E-state index contributed by atoms with van der Waals surface area (Å²) in [6, 6.07) is 5.69. The SMILES string of the molecule is O=C(Cc1ccccc1F)NCC(O)C(F)F. The monoisotopic (exact) mass is 247 g/mol. The van der Waals surface area contributed by atoms with Crippen LogP contribution in [-0.2, 0) is 11.2 Å². The number of amides is 1. The van der Waals surface area contributed by atoms with E-state index < -0.39 is 30.8 Å². The molecular formula is C11H12F3NO2. The van der Waals surface area contributed by atoms with Gasteiger partial charge < -0.3 is 10.4 Å². The summed E-state index contributed by atoms with van der Waals surface area (Å²) in [4.78, 5) is 11.3. The van der Waals surface area contributed by atoms with Crippen LogP contribution in [0.25, 0.3) is 0 Å². The van der Waals surface area contributed by atoms with E-state index in [0.717, 1.165) is 0 Å². The Hall–Kier alpha value is -1.56. The van der Waals surface area contributed by atoms with E-state index in [9.17, 15) is 18.0 Å². The molecule has 0 aliphatic carbocycles. The van der Waals surface area contributed by atoms with Crippen molar-refractivity contribution in [3.63, 3.8) is 0 Å². The summed E-state index contributed by atoms with van der Waals surface area (Å²) in [5.41, 5.74) is 0.177. The molecule has 0 bridgehead atoms. The van der Waals surface area contributed by atoms with Gasteiger partial charge in [0.05, 0.1) is 6.42 Å².